The number of halogens is 1. The van der Waals surface area contributed by atoms with Gasteiger partial charge in [-0.2, -0.15) is 0 Å². The van der Waals surface area contributed by atoms with Crippen molar-refractivity contribution in [3.8, 4) is 11.4 Å². The van der Waals surface area contributed by atoms with Crippen molar-refractivity contribution in [3.05, 3.63) is 77.1 Å². The van der Waals surface area contributed by atoms with Crippen LogP contribution in [0.1, 0.15) is 11.1 Å². The van der Waals surface area contributed by atoms with Gasteiger partial charge in [-0.15, -0.1) is 0 Å². The summed E-state index contributed by atoms with van der Waals surface area (Å²) in [6.45, 7) is 1.34. The molecule has 0 radical (unpaired) electrons. The zero-order valence-corrected chi connectivity index (χ0v) is 12.3. The van der Waals surface area contributed by atoms with Crippen molar-refractivity contribution in [1.29, 1.82) is 0 Å². The standard InChI is InChI=1S/C17H16ClN3/c18-16-3-1-2-15(10-16)17-20-8-9-21(17)12-14-6-4-13(11-19)5-7-14/h1-10H,11-12,19H2. The molecule has 0 aliphatic carbocycles. The van der Waals surface area contributed by atoms with Gasteiger partial charge in [0.15, 0.2) is 0 Å². The number of hydrogen-bond acceptors (Lipinski definition) is 2. The van der Waals surface area contributed by atoms with Gasteiger partial charge in [0.1, 0.15) is 5.82 Å². The molecule has 3 rings (SSSR count). The molecule has 2 aromatic carbocycles. The van der Waals surface area contributed by atoms with Crippen molar-refractivity contribution >= 4 is 11.6 Å². The van der Waals surface area contributed by atoms with E-state index < -0.39 is 0 Å². The van der Waals surface area contributed by atoms with Crippen molar-refractivity contribution < 1.29 is 0 Å². The number of nitrogens with two attached hydrogens (primary N) is 1. The van der Waals surface area contributed by atoms with Gasteiger partial charge in [0.05, 0.1) is 0 Å². The highest BCUT2D eigenvalue weighted by molar-refractivity contribution is 6.30. The Morgan fingerprint density at radius 2 is 1.81 bits per heavy atom. The molecule has 0 unspecified atom stereocenters. The minimum Gasteiger partial charge on any atom is -0.327 e. The monoisotopic (exact) mass is 297 g/mol. The molecule has 2 N–H and O–H groups in total. The summed E-state index contributed by atoms with van der Waals surface area (Å²) >= 11 is 6.06. The Morgan fingerprint density at radius 3 is 2.52 bits per heavy atom. The van der Waals surface area contributed by atoms with E-state index in [9.17, 15) is 0 Å². The largest absolute Gasteiger partial charge is 0.327 e. The second kappa shape index (κ2) is 6.12. The topological polar surface area (TPSA) is 43.8 Å². The van der Waals surface area contributed by atoms with Crippen molar-refractivity contribution in [2.24, 2.45) is 5.73 Å². The molecule has 0 bridgehead atoms. The summed E-state index contributed by atoms with van der Waals surface area (Å²) in [4.78, 5) is 4.44. The molecule has 0 saturated carbocycles. The van der Waals surface area contributed by atoms with Gasteiger partial charge in [0.25, 0.3) is 0 Å². The van der Waals surface area contributed by atoms with Gasteiger partial charge in [0, 0.05) is 36.1 Å². The minimum absolute atomic E-state index is 0.569. The molecule has 3 nitrogen and oxygen atoms in total. The Morgan fingerprint density at radius 1 is 1.05 bits per heavy atom. The van der Waals surface area contributed by atoms with Crippen LogP contribution in [0.15, 0.2) is 60.9 Å². The third-order valence-corrected chi connectivity index (χ3v) is 3.64. The Labute approximate surface area is 129 Å². The minimum atomic E-state index is 0.569. The highest BCUT2D eigenvalue weighted by Crippen LogP contribution is 2.22. The Hall–Kier alpha value is -2.10. The highest BCUT2D eigenvalue weighted by Gasteiger charge is 2.07. The highest BCUT2D eigenvalue weighted by atomic mass is 35.5. The van der Waals surface area contributed by atoms with E-state index in [1.165, 1.54) is 5.56 Å². The zero-order chi connectivity index (χ0) is 14.7. The van der Waals surface area contributed by atoms with Crippen molar-refractivity contribution in [2.45, 2.75) is 13.1 Å². The predicted molar refractivity (Wildman–Crippen MR) is 86.1 cm³/mol. The molecule has 0 aliphatic heterocycles. The lowest BCUT2D eigenvalue weighted by Gasteiger charge is -2.09. The first-order valence-electron chi connectivity index (χ1n) is 6.81. The van der Waals surface area contributed by atoms with Gasteiger partial charge in [-0.1, -0.05) is 48.0 Å². The smallest absolute Gasteiger partial charge is 0.140 e. The van der Waals surface area contributed by atoms with Gasteiger partial charge in [-0.05, 0) is 23.3 Å². The molecular formula is C17H16ClN3. The number of aromatic nitrogens is 2. The van der Waals surface area contributed by atoms with E-state index in [0.717, 1.165) is 23.5 Å². The number of hydrogen-bond donors (Lipinski definition) is 1. The van der Waals surface area contributed by atoms with Gasteiger partial charge < -0.3 is 10.3 Å². The molecule has 106 valence electrons. The van der Waals surface area contributed by atoms with E-state index in [1.807, 2.05) is 36.7 Å². The summed E-state index contributed by atoms with van der Waals surface area (Å²) in [5.41, 5.74) is 9.00. The average Bonchev–Trinajstić information content (AvgIpc) is 2.96. The predicted octanol–water partition coefficient (Wildman–Crippen LogP) is 3.71. The van der Waals surface area contributed by atoms with Gasteiger partial charge in [-0.25, -0.2) is 4.98 Å². The van der Waals surface area contributed by atoms with Crippen LogP contribution in [0.25, 0.3) is 11.4 Å². The van der Waals surface area contributed by atoms with Crippen LogP contribution in [0.5, 0.6) is 0 Å². The summed E-state index contributed by atoms with van der Waals surface area (Å²) in [6, 6.07) is 16.1. The third kappa shape index (κ3) is 3.15. The molecule has 1 aromatic heterocycles. The lowest BCUT2D eigenvalue weighted by Crippen LogP contribution is -2.02. The lowest BCUT2D eigenvalue weighted by molar-refractivity contribution is 0.806. The van der Waals surface area contributed by atoms with E-state index in [-0.39, 0.29) is 0 Å². The molecular weight excluding hydrogens is 282 g/mol. The van der Waals surface area contributed by atoms with E-state index in [2.05, 4.69) is 33.8 Å². The van der Waals surface area contributed by atoms with Crippen LogP contribution >= 0.6 is 11.6 Å². The lowest BCUT2D eigenvalue weighted by atomic mass is 10.1. The summed E-state index contributed by atoms with van der Waals surface area (Å²) in [5, 5.41) is 0.717. The molecule has 0 fully saturated rings. The Bertz CT molecular complexity index is 732. The van der Waals surface area contributed by atoms with Gasteiger partial charge in [-0.3, -0.25) is 0 Å². The van der Waals surface area contributed by atoms with Gasteiger partial charge >= 0.3 is 0 Å². The summed E-state index contributed by atoms with van der Waals surface area (Å²) in [7, 11) is 0. The van der Waals surface area contributed by atoms with E-state index in [0.29, 0.717) is 11.6 Å². The van der Waals surface area contributed by atoms with E-state index in [4.69, 9.17) is 17.3 Å². The van der Waals surface area contributed by atoms with Crippen molar-refractivity contribution in [2.75, 3.05) is 0 Å². The molecule has 0 amide bonds. The van der Waals surface area contributed by atoms with Crippen LogP contribution in [0.2, 0.25) is 5.02 Å². The van der Waals surface area contributed by atoms with Crippen LogP contribution in [0, 0.1) is 0 Å². The fourth-order valence-corrected chi connectivity index (χ4v) is 2.49. The first-order valence-corrected chi connectivity index (χ1v) is 7.19. The molecule has 4 heteroatoms. The molecule has 0 saturated heterocycles. The van der Waals surface area contributed by atoms with Crippen LogP contribution in [0.4, 0.5) is 0 Å². The fraction of sp³-hybridized carbons (Fsp3) is 0.118. The van der Waals surface area contributed by atoms with E-state index >= 15 is 0 Å². The molecule has 0 aliphatic rings. The van der Waals surface area contributed by atoms with Crippen LogP contribution in [-0.2, 0) is 13.1 Å². The second-order valence-electron chi connectivity index (χ2n) is 4.91. The molecule has 3 aromatic rings. The summed E-state index contributed by atoms with van der Waals surface area (Å²) < 4.78 is 2.11. The normalized spacial score (nSPS) is 10.8. The number of nitrogens with zero attached hydrogens (tertiary/aromatic N) is 2. The second-order valence-corrected chi connectivity index (χ2v) is 5.35. The van der Waals surface area contributed by atoms with Crippen LogP contribution in [0.3, 0.4) is 0 Å². The quantitative estimate of drug-likeness (QED) is 0.798. The zero-order valence-electron chi connectivity index (χ0n) is 11.5. The summed E-state index contributed by atoms with van der Waals surface area (Å²) in [6.07, 6.45) is 3.79. The molecule has 0 spiro atoms. The number of imidazole rings is 1. The Balaban J connectivity index is 1.88. The number of rotatable bonds is 4. The molecule has 1 heterocycles. The molecule has 0 atom stereocenters. The first kappa shape index (κ1) is 13.9. The number of benzene rings is 2. The Kier molecular flexibility index (Phi) is 4.04. The van der Waals surface area contributed by atoms with E-state index in [1.54, 1.807) is 0 Å². The van der Waals surface area contributed by atoms with Crippen molar-refractivity contribution in [3.63, 3.8) is 0 Å². The third-order valence-electron chi connectivity index (χ3n) is 3.41. The SMILES string of the molecule is NCc1ccc(Cn2ccnc2-c2cccc(Cl)c2)cc1. The fourth-order valence-electron chi connectivity index (χ4n) is 2.30. The molecule has 21 heavy (non-hydrogen) atoms. The van der Waals surface area contributed by atoms with Crippen molar-refractivity contribution in [1.82, 2.24) is 9.55 Å². The maximum atomic E-state index is 6.06. The average molecular weight is 298 g/mol. The first-order chi connectivity index (χ1) is 10.3. The maximum absolute atomic E-state index is 6.06. The van der Waals surface area contributed by atoms with Crippen LogP contribution in [-0.4, -0.2) is 9.55 Å². The maximum Gasteiger partial charge on any atom is 0.140 e. The summed E-state index contributed by atoms with van der Waals surface area (Å²) in [5.74, 6) is 0.917. The van der Waals surface area contributed by atoms with Gasteiger partial charge in [0.2, 0.25) is 0 Å². The van der Waals surface area contributed by atoms with Crippen LogP contribution < -0.4 is 5.73 Å².